The summed E-state index contributed by atoms with van der Waals surface area (Å²) >= 11 is 0. The molecule has 0 unspecified atom stereocenters. The third-order valence-electron chi connectivity index (χ3n) is 6.47. The standard InChI is InChI=1S/C27H26N2O4S/c30-22-14-12-21(13-15-22)28-27(31)20-10-16-23(17-11-20)34(32,33)29-18-25(19-6-2-1-3-7-19)24-8-4-5-9-26(24)29/h1-11,16-18,21-22,30H,12-15H2,(H,28,31). The molecular formula is C27H26N2O4S. The van der Waals surface area contributed by atoms with Gasteiger partial charge < -0.3 is 10.4 Å². The molecule has 0 saturated heterocycles. The fraction of sp³-hybridized carbons (Fsp3) is 0.222. The maximum atomic E-state index is 13.6. The minimum atomic E-state index is -3.87. The van der Waals surface area contributed by atoms with Crippen LogP contribution in [-0.4, -0.2) is 35.5 Å². The van der Waals surface area contributed by atoms with Crippen LogP contribution in [0.1, 0.15) is 36.0 Å². The number of fused-ring (bicyclic) bond motifs is 1. The predicted molar refractivity (Wildman–Crippen MR) is 132 cm³/mol. The van der Waals surface area contributed by atoms with Crippen molar-refractivity contribution in [3.05, 3.63) is 90.6 Å². The van der Waals surface area contributed by atoms with Crippen molar-refractivity contribution in [1.82, 2.24) is 9.29 Å². The highest BCUT2D eigenvalue weighted by molar-refractivity contribution is 7.90. The molecule has 0 spiro atoms. The molecule has 0 bridgehead atoms. The van der Waals surface area contributed by atoms with Crippen LogP contribution in [0.2, 0.25) is 0 Å². The van der Waals surface area contributed by atoms with Crippen molar-refractivity contribution < 1.29 is 18.3 Å². The molecule has 1 aliphatic rings. The molecule has 1 aromatic heterocycles. The second-order valence-corrected chi connectivity index (χ2v) is 10.5. The Hall–Kier alpha value is -3.42. The van der Waals surface area contributed by atoms with Crippen LogP contribution < -0.4 is 5.32 Å². The lowest BCUT2D eigenvalue weighted by Crippen LogP contribution is -2.38. The topological polar surface area (TPSA) is 88.4 Å². The number of amides is 1. The Morgan fingerprint density at radius 1 is 0.853 bits per heavy atom. The molecule has 1 heterocycles. The second kappa shape index (κ2) is 9.08. The largest absolute Gasteiger partial charge is 0.393 e. The van der Waals surface area contributed by atoms with E-state index in [1.54, 1.807) is 24.4 Å². The van der Waals surface area contributed by atoms with E-state index < -0.39 is 10.0 Å². The summed E-state index contributed by atoms with van der Waals surface area (Å²) in [6.45, 7) is 0. The number of rotatable bonds is 5. The average molecular weight is 475 g/mol. The SMILES string of the molecule is O=C(NC1CCC(O)CC1)c1ccc(S(=O)(=O)n2cc(-c3ccccc3)c3ccccc32)cc1. The smallest absolute Gasteiger partial charge is 0.268 e. The molecule has 3 aromatic carbocycles. The third kappa shape index (κ3) is 4.24. The van der Waals surface area contributed by atoms with E-state index in [0.29, 0.717) is 23.9 Å². The molecule has 0 radical (unpaired) electrons. The molecule has 5 rings (SSSR count). The zero-order chi connectivity index (χ0) is 23.7. The summed E-state index contributed by atoms with van der Waals surface area (Å²) < 4.78 is 28.4. The Labute approximate surface area is 198 Å². The van der Waals surface area contributed by atoms with Crippen LogP contribution >= 0.6 is 0 Å². The lowest BCUT2D eigenvalue weighted by molar-refractivity contribution is 0.0867. The molecule has 2 N–H and O–H groups in total. The number of benzene rings is 3. The number of carbonyl (C=O) groups excluding carboxylic acids is 1. The van der Waals surface area contributed by atoms with Crippen LogP contribution in [0.15, 0.2) is 90.0 Å². The van der Waals surface area contributed by atoms with Gasteiger partial charge in [0.1, 0.15) is 0 Å². The van der Waals surface area contributed by atoms with Gasteiger partial charge in [0.25, 0.3) is 15.9 Å². The van der Waals surface area contributed by atoms with Gasteiger partial charge in [-0.3, -0.25) is 4.79 Å². The van der Waals surface area contributed by atoms with Gasteiger partial charge in [-0.15, -0.1) is 0 Å². The van der Waals surface area contributed by atoms with Gasteiger partial charge in [0.05, 0.1) is 16.5 Å². The van der Waals surface area contributed by atoms with Crippen molar-refractivity contribution in [2.24, 2.45) is 0 Å². The zero-order valence-corrected chi connectivity index (χ0v) is 19.4. The quantitative estimate of drug-likeness (QED) is 0.443. The first kappa shape index (κ1) is 22.4. The van der Waals surface area contributed by atoms with Gasteiger partial charge in [-0.05, 0) is 61.6 Å². The summed E-state index contributed by atoms with van der Waals surface area (Å²) in [7, 11) is -3.87. The molecule has 34 heavy (non-hydrogen) atoms. The van der Waals surface area contributed by atoms with E-state index in [1.807, 2.05) is 48.5 Å². The Bertz CT molecular complexity index is 1420. The molecule has 6 nitrogen and oxygen atoms in total. The number of aromatic nitrogens is 1. The molecule has 1 fully saturated rings. The highest BCUT2D eigenvalue weighted by atomic mass is 32.2. The van der Waals surface area contributed by atoms with Crippen LogP contribution in [0.4, 0.5) is 0 Å². The lowest BCUT2D eigenvalue weighted by Gasteiger charge is -2.26. The summed E-state index contributed by atoms with van der Waals surface area (Å²) in [6.07, 6.45) is 4.21. The zero-order valence-electron chi connectivity index (χ0n) is 18.6. The van der Waals surface area contributed by atoms with Crippen molar-refractivity contribution in [3.8, 4) is 11.1 Å². The van der Waals surface area contributed by atoms with Gasteiger partial charge in [-0.25, -0.2) is 12.4 Å². The van der Waals surface area contributed by atoms with Crippen molar-refractivity contribution in [2.45, 2.75) is 42.7 Å². The molecule has 1 aliphatic carbocycles. The van der Waals surface area contributed by atoms with Crippen LogP contribution in [0.5, 0.6) is 0 Å². The Balaban J connectivity index is 1.44. The summed E-state index contributed by atoms with van der Waals surface area (Å²) in [5, 5.41) is 13.5. The molecule has 4 aromatic rings. The average Bonchev–Trinajstić information content (AvgIpc) is 3.27. The number of aliphatic hydroxyl groups excluding tert-OH is 1. The Kier molecular flexibility index (Phi) is 5.98. The first-order valence-corrected chi connectivity index (χ1v) is 12.9. The van der Waals surface area contributed by atoms with Gasteiger partial charge in [0.2, 0.25) is 0 Å². The highest BCUT2D eigenvalue weighted by Gasteiger charge is 2.24. The van der Waals surface area contributed by atoms with Crippen LogP contribution in [0.3, 0.4) is 0 Å². The minimum absolute atomic E-state index is 0.0296. The second-order valence-electron chi connectivity index (χ2n) is 8.73. The van der Waals surface area contributed by atoms with Crippen LogP contribution in [-0.2, 0) is 10.0 Å². The van der Waals surface area contributed by atoms with E-state index in [9.17, 15) is 18.3 Å². The molecular weight excluding hydrogens is 448 g/mol. The first-order valence-electron chi connectivity index (χ1n) is 11.4. The van der Waals surface area contributed by atoms with E-state index in [2.05, 4.69) is 5.32 Å². The van der Waals surface area contributed by atoms with Crippen molar-refractivity contribution in [2.75, 3.05) is 0 Å². The molecule has 1 saturated carbocycles. The fourth-order valence-electron chi connectivity index (χ4n) is 4.58. The summed E-state index contributed by atoms with van der Waals surface area (Å²) in [5.74, 6) is -0.233. The minimum Gasteiger partial charge on any atom is -0.393 e. The maximum Gasteiger partial charge on any atom is 0.268 e. The van der Waals surface area contributed by atoms with E-state index in [4.69, 9.17) is 0 Å². The monoisotopic (exact) mass is 474 g/mol. The maximum absolute atomic E-state index is 13.6. The molecule has 174 valence electrons. The molecule has 0 aliphatic heterocycles. The van der Waals surface area contributed by atoms with Gasteiger partial charge in [-0.1, -0.05) is 48.5 Å². The Morgan fingerprint density at radius 2 is 1.50 bits per heavy atom. The van der Waals surface area contributed by atoms with Gasteiger partial charge in [0.15, 0.2) is 0 Å². The lowest BCUT2D eigenvalue weighted by atomic mass is 9.93. The number of nitrogens with one attached hydrogen (secondary N) is 1. The number of hydrogen-bond acceptors (Lipinski definition) is 4. The molecule has 1 amide bonds. The number of carbonyl (C=O) groups is 1. The van der Waals surface area contributed by atoms with Crippen molar-refractivity contribution >= 4 is 26.8 Å². The number of aliphatic hydroxyl groups is 1. The third-order valence-corrected chi connectivity index (χ3v) is 8.16. The fourth-order valence-corrected chi connectivity index (χ4v) is 5.95. The van der Waals surface area contributed by atoms with E-state index in [1.165, 1.54) is 16.1 Å². The van der Waals surface area contributed by atoms with Crippen molar-refractivity contribution in [1.29, 1.82) is 0 Å². The molecule has 0 atom stereocenters. The van der Waals surface area contributed by atoms with Crippen LogP contribution in [0, 0.1) is 0 Å². The first-order chi connectivity index (χ1) is 16.4. The van der Waals surface area contributed by atoms with Gasteiger partial charge in [-0.2, -0.15) is 0 Å². The summed E-state index contributed by atoms with van der Waals surface area (Å²) in [4.78, 5) is 12.7. The van der Waals surface area contributed by atoms with Crippen LogP contribution in [0.25, 0.3) is 22.0 Å². The summed E-state index contributed by atoms with van der Waals surface area (Å²) in [6, 6.07) is 23.2. The van der Waals surface area contributed by atoms with E-state index in [-0.39, 0.29) is 22.9 Å². The van der Waals surface area contributed by atoms with Gasteiger partial charge >= 0.3 is 0 Å². The van der Waals surface area contributed by atoms with Gasteiger partial charge in [0, 0.05) is 28.8 Å². The highest BCUT2D eigenvalue weighted by Crippen LogP contribution is 2.33. The Morgan fingerprint density at radius 3 is 2.21 bits per heavy atom. The normalized spacial score (nSPS) is 18.6. The van der Waals surface area contributed by atoms with Crippen molar-refractivity contribution in [3.63, 3.8) is 0 Å². The van der Waals surface area contributed by atoms with E-state index in [0.717, 1.165) is 29.4 Å². The number of para-hydroxylation sites is 1. The number of hydrogen-bond donors (Lipinski definition) is 2. The van der Waals surface area contributed by atoms with E-state index >= 15 is 0 Å². The molecule has 7 heteroatoms. The summed E-state index contributed by atoms with van der Waals surface area (Å²) in [5.41, 5.74) is 2.79. The predicted octanol–water partition coefficient (Wildman–Crippen LogP) is 4.58. The number of nitrogens with zero attached hydrogens (tertiary/aromatic N) is 1.